The molecule has 21 heavy (non-hydrogen) atoms. The molecule has 1 heterocycles. The Morgan fingerprint density at radius 3 is 1.67 bits per heavy atom. The van der Waals surface area contributed by atoms with Gasteiger partial charge in [0.25, 0.3) is 0 Å². The minimum absolute atomic E-state index is 1.28. The van der Waals surface area contributed by atoms with Gasteiger partial charge in [-0.05, 0) is 90.9 Å². The van der Waals surface area contributed by atoms with Gasteiger partial charge in [-0.25, -0.2) is 0 Å². The van der Waals surface area contributed by atoms with Gasteiger partial charge < -0.3 is 0 Å². The van der Waals surface area contributed by atoms with Crippen molar-refractivity contribution in [3.8, 4) is 11.1 Å². The van der Waals surface area contributed by atoms with Crippen molar-refractivity contribution in [3.63, 3.8) is 0 Å². The van der Waals surface area contributed by atoms with Gasteiger partial charge >= 0.3 is 0 Å². The van der Waals surface area contributed by atoms with E-state index in [1.54, 1.807) is 10.4 Å². The molecule has 0 saturated carbocycles. The molecule has 102 valence electrons. The molecule has 0 radical (unpaired) electrons. The van der Waals surface area contributed by atoms with E-state index in [9.17, 15) is 0 Å². The first-order valence-electron chi connectivity index (χ1n) is 6.88. The molecular formula is C18H12I2Si. The maximum Gasteiger partial charge on any atom is 0.134 e. The maximum atomic E-state index is 2.42. The second-order valence-corrected chi connectivity index (χ2v) is 10.6. The zero-order chi connectivity index (χ0) is 14.4. The fourth-order valence-corrected chi connectivity index (χ4v) is 7.52. The first-order chi connectivity index (χ1) is 10.2. The van der Waals surface area contributed by atoms with Crippen molar-refractivity contribution >= 4 is 69.5 Å². The number of benzene rings is 3. The van der Waals surface area contributed by atoms with Crippen LogP contribution in [0.15, 0.2) is 66.7 Å². The van der Waals surface area contributed by atoms with Gasteiger partial charge in [-0.2, -0.15) is 0 Å². The Labute approximate surface area is 153 Å². The molecule has 0 aliphatic carbocycles. The van der Waals surface area contributed by atoms with Gasteiger partial charge in [-0.15, -0.1) is 0 Å². The summed E-state index contributed by atoms with van der Waals surface area (Å²) in [6.07, 6.45) is 0. The highest BCUT2D eigenvalue weighted by molar-refractivity contribution is 14.1. The maximum absolute atomic E-state index is 2.42. The van der Waals surface area contributed by atoms with Gasteiger partial charge in [-0.3, -0.25) is 0 Å². The number of halogens is 2. The average molecular weight is 510 g/mol. The molecule has 0 amide bonds. The van der Waals surface area contributed by atoms with Gasteiger partial charge in [0, 0.05) is 7.14 Å². The molecule has 1 aliphatic heterocycles. The minimum Gasteiger partial charge on any atom is -0.0625 e. The molecule has 0 spiro atoms. The van der Waals surface area contributed by atoms with Crippen LogP contribution in [0.2, 0.25) is 0 Å². The van der Waals surface area contributed by atoms with E-state index in [0.717, 1.165) is 0 Å². The average Bonchev–Trinajstić information content (AvgIpc) is 2.81. The third kappa shape index (κ3) is 2.39. The fraction of sp³-hybridized carbons (Fsp3) is 0. The normalized spacial score (nSPS) is 13.0. The van der Waals surface area contributed by atoms with Crippen LogP contribution in [-0.4, -0.2) is 8.80 Å². The van der Waals surface area contributed by atoms with E-state index in [4.69, 9.17) is 0 Å². The van der Waals surface area contributed by atoms with Crippen LogP contribution in [0.5, 0.6) is 0 Å². The molecular weight excluding hydrogens is 498 g/mol. The molecule has 0 fully saturated rings. The topological polar surface area (TPSA) is 0 Å². The van der Waals surface area contributed by atoms with Gasteiger partial charge in [0.1, 0.15) is 8.80 Å². The van der Waals surface area contributed by atoms with Crippen LogP contribution in [0.25, 0.3) is 11.1 Å². The summed E-state index contributed by atoms with van der Waals surface area (Å²) in [5.41, 5.74) is 2.91. The lowest BCUT2D eigenvalue weighted by Crippen LogP contribution is -2.48. The number of hydrogen-bond donors (Lipinski definition) is 0. The standard InChI is InChI=1S/C18H12I2Si/c19-12-6-8-17-15(10-12)16-11-13(20)7-9-18(16)21(17)14-4-2-1-3-5-14/h1-11,21H. The highest BCUT2D eigenvalue weighted by Crippen LogP contribution is 2.26. The Morgan fingerprint density at radius 2 is 1.14 bits per heavy atom. The van der Waals surface area contributed by atoms with Crippen molar-refractivity contribution in [3.05, 3.63) is 73.9 Å². The Morgan fingerprint density at radius 1 is 0.619 bits per heavy atom. The molecule has 0 bridgehead atoms. The molecule has 0 nitrogen and oxygen atoms in total. The summed E-state index contributed by atoms with van der Waals surface area (Å²) in [7, 11) is -1.28. The summed E-state index contributed by atoms with van der Waals surface area (Å²) in [6.45, 7) is 0. The molecule has 0 aromatic heterocycles. The van der Waals surface area contributed by atoms with Gasteiger partial charge in [0.05, 0.1) is 0 Å². The highest BCUT2D eigenvalue weighted by Gasteiger charge is 2.31. The van der Waals surface area contributed by atoms with Crippen molar-refractivity contribution in [2.24, 2.45) is 0 Å². The summed E-state index contributed by atoms with van der Waals surface area (Å²) in [5, 5.41) is 4.65. The summed E-state index contributed by atoms with van der Waals surface area (Å²) in [5.74, 6) is 0. The predicted molar refractivity (Wildman–Crippen MR) is 110 cm³/mol. The second-order valence-electron chi connectivity index (χ2n) is 5.31. The van der Waals surface area contributed by atoms with Gasteiger partial charge in [0.15, 0.2) is 0 Å². The number of rotatable bonds is 1. The molecule has 3 aromatic carbocycles. The largest absolute Gasteiger partial charge is 0.134 e. The van der Waals surface area contributed by atoms with Crippen molar-refractivity contribution in [1.82, 2.24) is 0 Å². The Kier molecular flexibility index (Phi) is 3.67. The molecule has 0 N–H and O–H groups in total. The summed E-state index contributed by atoms with van der Waals surface area (Å²) in [6, 6.07) is 24.9. The van der Waals surface area contributed by atoms with Crippen molar-refractivity contribution in [2.75, 3.05) is 0 Å². The van der Waals surface area contributed by atoms with Crippen molar-refractivity contribution < 1.29 is 0 Å². The molecule has 1 aliphatic rings. The van der Waals surface area contributed by atoms with Crippen LogP contribution in [0.3, 0.4) is 0 Å². The molecule has 4 rings (SSSR count). The lowest BCUT2D eigenvalue weighted by Gasteiger charge is -2.12. The van der Waals surface area contributed by atoms with E-state index in [-0.39, 0.29) is 0 Å². The quantitative estimate of drug-likeness (QED) is 0.273. The first kappa shape index (κ1) is 14.0. The predicted octanol–water partition coefficient (Wildman–Crippen LogP) is 3.12. The number of hydrogen-bond acceptors (Lipinski definition) is 0. The van der Waals surface area contributed by atoms with Gasteiger partial charge in [-0.1, -0.05) is 47.7 Å². The monoisotopic (exact) mass is 510 g/mol. The van der Waals surface area contributed by atoms with Crippen LogP contribution >= 0.6 is 45.2 Å². The van der Waals surface area contributed by atoms with E-state index in [0.29, 0.717) is 0 Å². The fourth-order valence-electron chi connectivity index (χ4n) is 3.20. The van der Waals surface area contributed by atoms with E-state index >= 15 is 0 Å². The second kappa shape index (κ2) is 5.51. The first-order valence-corrected chi connectivity index (χ1v) is 10.8. The Hall–Kier alpha value is -0.663. The lowest BCUT2D eigenvalue weighted by atomic mass is 10.1. The molecule has 0 atom stereocenters. The van der Waals surface area contributed by atoms with Crippen LogP contribution in [-0.2, 0) is 0 Å². The van der Waals surface area contributed by atoms with Crippen LogP contribution in [0, 0.1) is 7.14 Å². The van der Waals surface area contributed by atoms with E-state index in [1.807, 2.05) is 0 Å². The third-order valence-corrected chi connectivity index (χ3v) is 8.72. The van der Waals surface area contributed by atoms with Gasteiger partial charge in [0.2, 0.25) is 0 Å². The number of fused-ring (bicyclic) bond motifs is 3. The molecule has 3 heteroatoms. The van der Waals surface area contributed by atoms with E-state index in [1.165, 1.54) is 23.5 Å². The molecule has 0 saturated heterocycles. The zero-order valence-electron chi connectivity index (χ0n) is 11.2. The zero-order valence-corrected chi connectivity index (χ0v) is 16.7. The van der Waals surface area contributed by atoms with E-state index < -0.39 is 8.80 Å². The SMILES string of the molecule is Ic1ccc2c(c1)-c1cc(I)ccc1[SiH]2c1ccccc1. The van der Waals surface area contributed by atoms with Crippen LogP contribution in [0.1, 0.15) is 0 Å². The van der Waals surface area contributed by atoms with Crippen molar-refractivity contribution in [1.29, 1.82) is 0 Å². The summed E-state index contributed by atoms with van der Waals surface area (Å²) in [4.78, 5) is 0. The highest BCUT2D eigenvalue weighted by atomic mass is 127. The van der Waals surface area contributed by atoms with Crippen LogP contribution in [0.4, 0.5) is 0 Å². The Bertz CT molecular complexity index is 776. The molecule has 3 aromatic rings. The lowest BCUT2D eigenvalue weighted by molar-refractivity contribution is 1.64. The summed E-state index contributed by atoms with van der Waals surface area (Å²) < 4.78 is 2.64. The van der Waals surface area contributed by atoms with Crippen molar-refractivity contribution in [2.45, 2.75) is 0 Å². The Balaban J connectivity index is 2.02. The molecule has 0 unspecified atom stereocenters. The van der Waals surface area contributed by atoms with Crippen LogP contribution < -0.4 is 15.6 Å². The smallest absolute Gasteiger partial charge is 0.0625 e. The minimum atomic E-state index is -1.28. The third-order valence-electron chi connectivity index (χ3n) is 4.08. The summed E-state index contributed by atoms with van der Waals surface area (Å²) >= 11 is 4.83. The van der Waals surface area contributed by atoms with E-state index in [2.05, 4.69) is 112 Å².